The van der Waals surface area contributed by atoms with Crippen molar-refractivity contribution in [2.24, 2.45) is 0 Å². The van der Waals surface area contributed by atoms with Gasteiger partial charge in [-0.15, -0.1) is 5.10 Å². The molecule has 0 bridgehead atoms. The average molecular weight is 341 g/mol. The predicted molar refractivity (Wildman–Crippen MR) is 83.9 cm³/mol. The maximum absolute atomic E-state index is 12.5. The lowest BCUT2D eigenvalue weighted by Crippen LogP contribution is -2.39. The minimum atomic E-state index is -3.32. The quantitative estimate of drug-likeness (QED) is 0.854. The molecule has 0 atom stereocenters. The molecule has 2 aromatic rings. The minimum absolute atomic E-state index is 0.0123. The molecule has 0 aliphatic carbocycles. The van der Waals surface area contributed by atoms with Crippen LogP contribution in [-0.4, -0.2) is 40.8 Å². The van der Waals surface area contributed by atoms with E-state index in [4.69, 9.17) is 11.6 Å². The summed E-state index contributed by atoms with van der Waals surface area (Å²) in [4.78, 5) is 0. The number of rotatable bonds is 4. The van der Waals surface area contributed by atoms with Crippen LogP contribution >= 0.6 is 11.6 Å². The molecule has 1 aliphatic rings. The molecule has 1 aromatic carbocycles. The molecule has 6 nitrogen and oxygen atoms in total. The lowest BCUT2D eigenvalue weighted by Gasteiger charge is -2.31. The second-order valence-corrected chi connectivity index (χ2v) is 7.80. The Hall–Kier alpha value is -1.44. The second kappa shape index (κ2) is 6.36. The zero-order valence-electron chi connectivity index (χ0n) is 12.0. The molecule has 3 rings (SSSR count). The van der Waals surface area contributed by atoms with Crippen molar-refractivity contribution in [3.8, 4) is 0 Å². The standard InChI is InChI=1S/C14H17ClN4O2S/c15-13-3-1-2-12(10-13)11-22(20,21)18-7-4-14(5-8-18)19-9-6-16-17-19/h1-3,6,9-10,14H,4-5,7-8,11H2. The molecular weight excluding hydrogens is 324 g/mol. The van der Waals surface area contributed by atoms with Gasteiger partial charge in [0.25, 0.3) is 0 Å². The van der Waals surface area contributed by atoms with Crippen LogP contribution in [0.25, 0.3) is 0 Å². The fraction of sp³-hybridized carbons (Fsp3) is 0.429. The minimum Gasteiger partial charge on any atom is -0.249 e. The van der Waals surface area contributed by atoms with Crippen molar-refractivity contribution < 1.29 is 8.42 Å². The molecule has 1 aromatic heterocycles. The molecule has 1 fully saturated rings. The lowest BCUT2D eigenvalue weighted by atomic mass is 10.1. The average Bonchev–Trinajstić information content (AvgIpc) is 3.01. The van der Waals surface area contributed by atoms with E-state index in [0.29, 0.717) is 23.7 Å². The van der Waals surface area contributed by atoms with Crippen LogP contribution < -0.4 is 0 Å². The van der Waals surface area contributed by atoms with E-state index in [1.165, 1.54) is 0 Å². The molecule has 1 saturated heterocycles. The van der Waals surface area contributed by atoms with Gasteiger partial charge in [0.15, 0.2) is 0 Å². The van der Waals surface area contributed by atoms with Gasteiger partial charge in [-0.1, -0.05) is 28.9 Å². The third-order valence-corrected chi connectivity index (χ3v) is 5.96. The van der Waals surface area contributed by atoms with E-state index in [0.717, 1.165) is 12.8 Å². The smallest absolute Gasteiger partial charge is 0.218 e. The number of nitrogens with zero attached hydrogens (tertiary/aromatic N) is 4. The van der Waals surface area contributed by atoms with E-state index in [-0.39, 0.29) is 11.8 Å². The summed E-state index contributed by atoms with van der Waals surface area (Å²) in [7, 11) is -3.32. The van der Waals surface area contributed by atoms with Gasteiger partial charge in [-0.2, -0.15) is 0 Å². The predicted octanol–water partition coefficient (Wildman–Crippen LogP) is 2.10. The highest BCUT2D eigenvalue weighted by Gasteiger charge is 2.29. The first-order valence-electron chi connectivity index (χ1n) is 7.13. The molecule has 22 heavy (non-hydrogen) atoms. The summed E-state index contributed by atoms with van der Waals surface area (Å²) in [6.07, 6.45) is 4.96. The van der Waals surface area contributed by atoms with E-state index in [1.807, 2.05) is 6.20 Å². The van der Waals surface area contributed by atoms with Crippen LogP contribution in [0.2, 0.25) is 5.02 Å². The number of halogens is 1. The highest BCUT2D eigenvalue weighted by atomic mass is 35.5. The van der Waals surface area contributed by atoms with Gasteiger partial charge in [0, 0.05) is 24.3 Å². The highest BCUT2D eigenvalue weighted by Crippen LogP contribution is 2.24. The highest BCUT2D eigenvalue weighted by molar-refractivity contribution is 7.88. The second-order valence-electron chi connectivity index (χ2n) is 5.40. The lowest BCUT2D eigenvalue weighted by molar-refractivity contribution is 0.258. The van der Waals surface area contributed by atoms with Crippen LogP contribution in [0.15, 0.2) is 36.7 Å². The first kappa shape index (κ1) is 15.5. The summed E-state index contributed by atoms with van der Waals surface area (Å²) < 4.78 is 28.4. The largest absolute Gasteiger partial charge is 0.249 e. The Kier molecular flexibility index (Phi) is 4.46. The van der Waals surface area contributed by atoms with Crippen LogP contribution in [0.1, 0.15) is 24.4 Å². The van der Waals surface area contributed by atoms with Crippen LogP contribution in [-0.2, 0) is 15.8 Å². The molecular formula is C14H17ClN4O2S. The van der Waals surface area contributed by atoms with Crippen molar-refractivity contribution in [3.63, 3.8) is 0 Å². The summed E-state index contributed by atoms with van der Waals surface area (Å²) in [5.74, 6) is -0.0123. The molecule has 1 aliphatic heterocycles. The van der Waals surface area contributed by atoms with Crippen molar-refractivity contribution in [3.05, 3.63) is 47.2 Å². The molecule has 0 amide bonds. The van der Waals surface area contributed by atoms with Crippen LogP contribution in [0.4, 0.5) is 0 Å². The Balaban J connectivity index is 1.64. The van der Waals surface area contributed by atoms with Crippen molar-refractivity contribution in [2.45, 2.75) is 24.6 Å². The van der Waals surface area contributed by atoms with Gasteiger partial charge in [0.1, 0.15) is 0 Å². The molecule has 118 valence electrons. The van der Waals surface area contributed by atoms with Crippen LogP contribution in [0, 0.1) is 0 Å². The van der Waals surface area contributed by atoms with Gasteiger partial charge in [0.2, 0.25) is 10.0 Å². The Morgan fingerprint density at radius 1 is 1.27 bits per heavy atom. The molecule has 0 unspecified atom stereocenters. The fourth-order valence-electron chi connectivity index (χ4n) is 2.73. The van der Waals surface area contributed by atoms with Gasteiger partial charge in [-0.3, -0.25) is 0 Å². The monoisotopic (exact) mass is 340 g/mol. The summed E-state index contributed by atoms with van der Waals surface area (Å²) in [6.45, 7) is 1.01. The first-order valence-corrected chi connectivity index (χ1v) is 9.11. The molecule has 0 radical (unpaired) electrons. The summed E-state index contributed by atoms with van der Waals surface area (Å²) in [6, 6.07) is 7.21. The number of aromatic nitrogens is 3. The summed E-state index contributed by atoms with van der Waals surface area (Å²) in [5.41, 5.74) is 0.714. The number of sulfonamides is 1. The zero-order valence-corrected chi connectivity index (χ0v) is 13.5. The normalized spacial score (nSPS) is 17.7. The van der Waals surface area contributed by atoms with E-state index in [9.17, 15) is 8.42 Å². The van der Waals surface area contributed by atoms with Crippen molar-refractivity contribution in [1.29, 1.82) is 0 Å². The van der Waals surface area contributed by atoms with E-state index in [2.05, 4.69) is 10.3 Å². The number of benzene rings is 1. The number of hydrogen-bond acceptors (Lipinski definition) is 4. The van der Waals surface area contributed by atoms with Gasteiger partial charge < -0.3 is 0 Å². The van der Waals surface area contributed by atoms with E-state index >= 15 is 0 Å². The third kappa shape index (κ3) is 3.48. The zero-order chi connectivity index (χ0) is 15.6. The number of piperidine rings is 1. The van der Waals surface area contributed by atoms with Gasteiger partial charge in [-0.25, -0.2) is 17.4 Å². The summed E-state index contributed by atoms with van der Waals surface area (Å²) >= 11 is 5.91. The van der Waals surface area contributed by atoms with Crippen molar-refractivity contribution in [1.82, 2.24) is 19.3 Å². The van der Waals surface area contributed by atoms with Gasteiger partial charge >= 0.3 is 0 Å². The SMILES string of the molecule is O=S(=O)(Cc1cccc(Cl)c1)N1CCC(n2ccnn2)CC1. The van der Waals surface area contributed by atoms with Gasteiger partial charge in [0.05, 0.1) is 18.0 Å². The first-order chi connectivity index (χ1) is 10.5. The Morgan fingerprint density at radius 2 is 2.05 bits per heavy atom. The molecule has 0 saturated carbocycles. The number of hydrogen-bond donors (Lipinski definition) is 0. The molecule has 0 spiro atoms. The van der Waals surface area contributed by atoms with E-state index < -0.39 is 10.0 Å². The Bertz CT molecular complexity index is 725. The maximum Gasteiger partial charge on any atom is 0.218 e. The van der Waals surface area contributed by atoms with Crippen LogP contribution in [0.5, 0.6) is 0 Å². The van der Waals surface area contributed by atoms with Crippen molar-refractivity contribution >= 4 is 21.6 Å². The summed E-state index contributed by atoms with van der Waals surface area (Å²) in [5, 5.41) is 8.34. The fourth-order valence-corrected chi connectivity index (χ4v) is 4.49. The molecule has 8 heteroatoms. The van der Waals surface area contributed by atoms with Gasteiger partial charge in [-0.05, 0) is 30.5 Å². The van der Waals surface area contributed by atoms with Crippen LogP contribution in [0.3, 0.4) is 0 Å². The molecule has 2 heterocycles. The molecule has 0 N–H and O–H groups in total. The Morgan fingerprint density at radius 3 is 2.68 bits per heavy atom. The maximum atomic E-state index is 12.5. The third-order valence-electron chi connectivity index (χ3n) is 3.87. The Labute approximate surface area is 134 Å². The van der Waals surface area contributed by atoms with E-state index in [1.54, 1.807) is 39.4 Å². The topological polar surface area (TPSA) is 68.1 Å². The van der Waals surface area contributed by atoms with Crippen molar-refractivity contribution in [2.75, 3.05) is 13.1 Å².